The number of H-pyrrole nitrogens is 1. The van der Waals surface area contributed by atoms with Gasteiger partial charge in [-0.05, 0) is 49.4 Å². The molecule has 0 amide bonds. The minimum atomic E-state index is 0.255. The first-order chi connectivity index (χ1) is 13.8. The third-order valence-corrected chi connectivity index (χ3v) is 4.99. The van der Waals surface area contributed by atoms with Gasteiger partial charge >= 0.3 is 0 Å². The molecule has 28 heavy (non-hydrogen) atoms. The second kappa shape index (κ2) is 5.56. The van der Waals surface area contributed by atoms with Gasteiger partial charge in [0.1, 0.15) is 5.65 Å². The maximum absolute atomic E-state index is 5.50. The van der Waals surface area contributed by atoms with Crippen LogP contribution in [0.3, 0.4) is 0 Å². The van der Waals surface area contributed by atoms with Crippen LogP contribution in [0, 0.1) is 6.92 Å². The Balaban J connectivity index is 1.54. The van der Waals surface area contributed by atoms with Crippen molar-refractivity contribution in [1.29, 1.82) is 0 Å². The first kappa shape index (κ1) is 15.2. The average Bonchev–Trinajstić information content (AvgIpc) is 3.43. The molecular formula is C21H15N5O2. The number of aromatic nitrogens is 5. The minimum absolute atomic E-state index is 0.255. The number of pyridine rings is 1. The summed E-state index contributed by atoms with van der Waals surface area (Å²) in [6.07, 6.45) is 3.74. The highest BCUT2D eigenvalue weighted by molar-refractivity contribution is 5.81. The SMILES string of the molecule is Cc1nc2ccc(-c3ccc4c(c3)OCO4)nn2c1-c1cnc2[nH]ccc2c1. The summed E-state index contributed by atoms with van der Waals surface area (Å²) < 4.78 is 12.8. The van der Waals surface area contributed by atoms with E-state index in [0.717, 1.165) is 56.4 Å². The zero-order chi connectivity index (χ0) is 18.7. The monoisotopic (exact) mass is 369 g/mol. The van der Waals surface area contributed by atoms with E-state index in [4.69, 9.17) is 14.6 Å². The third kappa shape index (κ3) is 2.19. The van der Waals surface area contributed by atoms with Crippen molar-refractivity contribution in [1.82, 2.24) is 24.6 Å². The second-order valence-corrected chi connectivity index (χ2v) is 6.74. The molecule has 0 aliphatic carbocycles. The van der Waals surface area contributed by atoms with Crippen molar-refractivity contribution < 1.29 is 9.47 Å². The highest BCUT2D eigenvalue weighted by atomic mass is 16.7. The van der Waals surface area contributed by atoms with E-state index in [1.165, 1.54) is 0 Å². The van der Waals surface area contributed by atoms with E-state index in [0.29, 0.717) is 0 Å². The van der Waals surface area contributed by atoms with Gasteiger partial charge in [0.25, 0.3) is 0 Å². The van der Waals surface area contributed by atoms with E-state index in [-0.39, 0.29) is 6.79 Å². The fourth-order valence-electron chi connectivity index (χ4n) is 3.65. The molecule has 7 heteroatoms. The quantitative estimate of drug-likeness (QED) is 0.509. The normalized spacial score (nSPS) is 12.9. The lowest BCUT2D eigenvalue weighted by atomic mass is 10.1. The van der Waals surface area contributed by atoms with Crippen LogP contribution in [0.5, 0.6) is 11.5 Å². The number of imidazole rings is 1. The Labute approximate surface area is 159 Å². The number of hydrogen-bond acceptors (Lipinski definition) is 5. The van der Waals surface area contributed by atoms with E-state index in [1.54, 1.807) is 0 Å². The zero-order valence-corrected chi connectivity index (χ0v) is 15.0. The molecule has 0 radical (unpaired) electrons. The van der Waals surface area contributed by atoms with E-state index < -0.39 is 0 Å². The van der Waals surface area contributed by atoms with Gasteiger partial charge in [-0.15, -0.1) is 0 Å². The fraction of sp³-hybridized carbons (Fsp3) is 0.0952. The first-order valence-electron chi connectivity index (χ1n) is 8.96. The molecule has 0 saturated heterocycles. The summed E-state index contributed by atoms with van der Waals surface area (Å²) in [7, 11) is 0. The molecule has 4 aromatic heterocycles. The van der Waals surface area contributed by atoms with Crippen LogP contribution in [0.4, 0.5) is 0 Å². The van der Waals surface area contributed by atoms with Gasteiger partial charge in [-0.3, -0.25) is 0 Å². The van der Waals surface area contributed by atoms with Crippen LogP contribution < -0.4 is 9.47 Å². The number of aromatic amines is 1. The predicted molar refractivity (Wildman–Crippen MR) is 104 cm³/mol. The molecule has 0 unspecified atom stereocenters. The van der Waals surface area contributed by atoms with Crippen molar-refractivity contribution in [3.05, 3.63) is 60.6 Å². The molecular weight excluding hydrogens is 354 g/mol. The lowest BCUT2D eigenvalue weighted by molar-refractivity contribution is 0.174. The minimum Gasteiger partial charge on any atom is -0.454 e. The highest BCUT2D eigenvalue weighted by Gasteiger charge is 2.17. The average molecular weight is 369 g/mol. The standard InChI is InChI=1S/C21H15N5O2/c1-12-20(15-8-14-6-7-22-21(14)23-10-15)26-19(24-12)5-3-16(25-26)13-2-4-17-18(9-13)28-11-27-17/h2-10H,11H2,1H3,(H,22,23). The van der Waals surface area contributed by atoms with Crippen LogP contribution in [0.25, 0.3) is 39.2 Å². The molecule has 5 heterocycles. The highest BCUT2D eigenvalue weighted by Crippen LogP contribution is 2.35. The van der Waals surface area contributed by atoms with E-state index in [2.05, 4.69) is 21.0 Å². The summed E-state index contributed by atoms with van der Waals surface area (Å²) in [5.74, 6) is 1.50. The van der Waals surface area contributed by atoms with Gasteiger partial charge in [0.15, 0.2) is 17.1 Å². The van der Waals surface area contributed by atoms with E-state index in [1.807, 2.05) is 60.2 Å². The van der Waals surface area contributed by atoms with Gasteiger partial charge < -0.3 is 14.5 Å². The molecule has 5 aromatic rings. The molecule has 0 fully saturated rings. The van der Waals surface area contributed by atoms with Gasteiger partial charge in [-0.2, -0.15) is 5.10 Å². The molecule has 1 aromatic carbocycles. The van der Waals surface area contributed by atoms with Gasteiger partial charge in [0, 0.05) is 28.9 Å². The van der Waals surface area contributed by atoms with E-state index >= 15 is 0 Å². The number of aryl methyl sites for hydroxylation is 1. The van der Waals surface area contributed by atoms with Crippen molar-refractivity contribution >= 4 is 16.7 Å². The molecule has 1 aliphatic rings. The van der Waals surface area contributed by atoms with Crippen LogP contribution in [-0.4, -0.2) is 31.4 Å². The Morgan fingerprint density at radius 3 is 2.89 bits per heavy atom. The summed E-state index contributed by atoms with van der Waals surface area (Å²) in [4.78, 5) is 12.3. The maximum Gasteiger partial charge on any atom is 0.231 e. The fourth-order valence-corrected chi connectivity index (χ4v) is 3.65. The Bertz CT molecular complexity index is 1370. The summed E-state index contributed by atoms with van der Waals surface area (Å²) in [5.41, 5.74) is 6.28. The molecule has 7 nitrogen and oxygen atoms in total. The summed E-state index contributed by atoms with van der Waals surface area (Å²) in [6, 6.07) is 13.9. The number of nitrogens with one attached hydrogen (secondary N) is 1. The summed E-state index contributed by atoms with van der Waals surface area (Å²) in [5, 5.41) is 5.91. The van der Waals surface area contributed by atoms with Crippen LogP contribution in [0.15, 0.2) is 54.9 Å². The second-order valence-electron chi connectivity index (χ2n) is 6.74. The Morgan fingerprint density at radius 1 is 1.00 bits per heavy atom. The van der Waals surface area contributed by atoms with Crippen molar-refractivity contribution in [2.75, 3.05) is 6.79 Å². The van der Waals surface area contributed by atoms with Crippen LogP contribution in [0.1, 0.15) is 5.69 Å². The van der Waals surface area contributed by atoms with Gasteiger partial charge in [-0.1, -0.05) is 0 Å². The molecule has 0 saturated carbocycles. The molecule has 0 spiro atoms. The largest absolute Gasteiger partial charge is 0.454 e. The number of benzene rings is 1. The number of ether oxygens (including phenoxy) is 2. The Morgan fingerprint density at radius 2 is 1.93 bits per heavy atom. The van der Waals surface area contributed by atoms with Crippen molar-refractivity contribution in [2.45, 2.75) is 6.92 Å². The van der Waals surface area contributed by atoms with Crippen molar-refractivity contribution in [3.63, 3.8) is 0 Å². The summed E-state index contributed by atoms with van der Waals surface area (Å²) in [6.45, 7) is 2.25. The van der Waals surface area contributed by atoms with Crippen molar-refractivity contribution in [3.8, 4) is 34.0 Å². The Hall–Kier alpha value is -3.87. The van der Waals surface area contributed by atoms with Crippen LogP contribution in [-0.2, 0) is 0 Å². The molecule has 1 N–H and O–H groups in total. The molecule has 0 bridgehead atoms. The number of nitrogens with zero attached hydrogens (tertiary/aromatic N) is 4. The van der Waals surface area contributed by atoms with Gasteiger partial charge in [-0.25, -0.2) is 14.5 Å². The first-order valence-corrected chi connectivity index (χ1v) is 8.96. The number of hydrogen-bond donors (Lipinski definition) is 1. The van der Waals surface area contributed by atoms with E-state index in [9.17, 15) is 0 Å². The third-order valence-electron chi connectivity index (χ3n) is 4.99. The molecule has 0 atom stereocenters. The number of fused-ring (bicyclic) bond motifs is 3. The number of rotatable bonds is 2. The van der Waals surface area contributed by atoms with Crippen LogP contribution >= 0.6 is 0 Å². The maximum atomic E-state index is 5.50. The van der Waals surface area contributed by atoms with Gasteiger partial charge in [0.05, 0.1) is 17.1 Å². The topological polar surface area (TPSA) is 77.3 Å². The van der Waals surface area contributed by atoms with Gasteiger partial charge in [0.2, 0.25) is 6.79 Å². The predicted octanol–water partition coefficient (Wildman–Crippen LogP) is 3.98. The Kier molecular flexibility index (Phi) is 3.02. The lowest BCUT2D eigenvalue weighted by Gasteiger charge is -2.06. The smallest absolute Gasteiger partial charge is 0.231 e. The molecule has 6 rings (SSSR count). The lowest BCUT2D eigenvalue weighted by Crippen LogP contribution is -1.97. The zero-order valence-electron chi connectivity index (χ0n) is 15.0. The summed E-state index contributed by atoms with van der Waals surface area (Å²) >= 11 is 0. The van der Waals surface area contributed by atoms with Crippen molar-refractivity contribution in [2.24, 2.45) is 0 Å². The molecule has 136 valence electrons. The van der Waals surface area contributed by atoms with Crippen LogP contribution in [0.2, 0.25) is 0 Å². The molecule has 1 aliphatic heterocycles.